The van der Waals surface area contributed by atoms with Crippen LogP contribution in [0.3, 0.4) is 0 Å². The lowest BCUT2D eigenvalue weighted by molar-refractivity contribution is -0.00160. The molecular formula is C15H22O5. The van der Waals surface area contributed by atoms with E-state index in [0.717, 1.165) is 0 Å². The zero-order valence-corrected chi connectivity index (χ0v) is 12.0. The molecule has 0 bridgehead atoms. The summed E-state index contributed by atoms with van der Waals surface area (Å²) < 4.78 is 5.27. The van der Waals surface area contributed by atoms with E-state index in [1.165, 1.54) is 6.07 Å². The van der Waals surface area contributed by atoms with Gasteiger partial charge in [0.1, 0.15) is 11.7 Å². The van der Waals surface area contributed by atoms with E-state index in [2.05, 4.69) is 0 Å². The van der Waals surface area contributed by atoms with Crippen LogP contribution in [0.4, 0.5) is 0 Å². The fourth-order valence-corrected chi connectivity index (χ4v) is 1.77. The highest BCUT2D eigenvalue weighted by atomic mass is 16.6. The van der Waals surface area contributed by atoms with Crippen LogP contribution in [0.25, 0.3) is 0 Å². The molecule has 0 aromatic heterocycles. The number of ether oxygens (including phenoxy) is 1. The van der Waals surface area contributed by atoms with E-state index in [9.17, 15) is 15.0 Å². The summed E-state index contributed by atoms with van der Waals surface area (Å²) in [4.78, 5) is 12.1. The molecular weight excluding hydrogens is 260 g/mol. The summed E-state index contributed by atoms with van der Waals surface area (Å²) >= 11 is 0. The van der Waals surface area contributed by atoms with Gasteiger partial charge in [0, 0.05) is 6.61 Å². The molecule has 0 aliphatic rings. The fraction of sp³-hybridized carbons (Fsp3) is 0.533. The Morgan fingerprint density at radius 3 is 2.40 bits per heavy atom. The third-order valence-corrected chi connectivity index (χ3v) is 2.69. The summed E-state index contributed by atoms with van der Waals surface area (Å²) in [5, 5.41) is 28.6. The highest BCUT2D eigenvalue weighted by Crippen LogP contribution is 2.24. The highest BCUT2D eigenvalue weighted by molar-refractivity contribution is 5.91. The molecule has 0 spiro atoms. The van der Waals surface area contributed by atoms with Gasteiger partial charge in [-0.1, -0.05) is 18.2 Å². The summed E-state index contributed by atoms with van der Waals surface area (Å²) in [5.74, 6) is -0.552. The third kappa shape index (κ3) is 4.59. The smallest absolute Gasteiger partial charge is 0.339 e. The number of carbonyl (C=O) groups excluding carboxylic acids is 1. The van der Waals surface area contributed by atoms with Crippen LogP contribution >= 0.6 is 0 Å². The van der Waals surface area contributed by atoms with Crippen LogP contribution in [0.15, 0.2) is 24.3 Å². The number of aliphatic hydroxyl groups excluding tert-OH is 3. The van der Waals surface area contributed by atoms with Crippen LogP contribution < -0.4 is 0 Å². The third-order valence-electron chi connectivity index (χ3n) is 2.69. The molecule has 0 saturated heterocycles. The van der Waals surface area contributed by atoms with Gasteiger partial charge in [-0.25, -0.2) is 4.79 Å². The predicted octanol–water partition coefficient (Wildman–Crippen LogP) is 1.42. The lowest BCUT2D eigenvalue weighted by Crippen LogP contribution is -2.26. The Kier molecular flexibility index (Phi) is 5.68. The van der Waals surface area contributed by atoms with Gasteiger partial charge in [-0.3, -0.25) is 0 Å². The summed E-state index contributed by atoms with van der Waals surface area (Å²) in [7, 11) is 0. The van der Waals surface area contributed by atoms with Crippen LogP contribution in [0.1, 0.15) is 49.2 Å². The molecule has 5 nitrogen and oxygen atoms in total. The second-order valence-corrected chi connectivity index (χ2v) is 5.61. The first-order chi connectivity index (χ1) is 9.26. The van der Waals surface area contributed by atoms with Gasteiger partial charge in [-0.2, -0.15) is 0 Å². The monoisotopic (exact) mass is 282 g/mol. The maximum Gasteiger partial charge on any atom is 0.339 e. The van der Waals surface area contributed by atoms with Gasteiger partial charge in [0.05, 0.1) is 11.7 Å². The SMILES string of the molecule is CC(C)(C)OC(=O)c1ccccc1C(O)C(O)CCO. The minimum absolute atomic E-state index is 0.0316. The molecule has 0 aliphatic carbocycles. The quantitative estimate of drug-likeness (QED) is 0.711. The van der Waals surface area contributed by atoms with Crippen molar-refractivity contribution < 1.29 is 24.9 Å². The van der Waals surface area contributed by atoms with E-state index in [4.69, 9.17) is 9.84 Å². The van der Waals surface area contributed by atoms with E-state index in [1.54, 1.807) is 39.0 Å². The second kappa shape index (κ2) is 6.83. The van der Waals surface area contributed by atoms with Gasteiger partial charge in [-0.05, 0) is 38.8 Å². The normalized spacial score (nSPS) is 14.7. The van der Waals surface area contributed by atoms with E-state index in [-0.39, 0.29) is 18.6 Å². The van der Waals surface area contributed by atoms with Crippen molar-refractivity contribution in [2.24, 2.45) is 0 Å². The van der Waals surface area contributed by atoms with Crippen LogP contribution in [0.2, 0.25) is 0 Å². The molecule has 20 heavy (non-hydrogen) atoms. The summed E-state index contributed by atoms with van der Waals surface area (Å²) in [5.41, 5.74) is -0.131. The average Bonchev–Trinajstić information content (AvgIpc) is 2.36. The minimum Gasteiger partial charge on any atom is -0.456 e. The van der Waals surface area contributed by atoms with Crippen LogP contribution in [0, 0.1) is 0 Å². The molecule has 1 rings (SSSR count). The van der Waals surface area contributed by atoms with Crippen molar-refractivity contribution in [3.05, 3.63) is 35.4 Å². The fourth-order valence-electron chi connectivity index (χ4n) is 1.77. The number of hydrogen-bond donors (Lipinski definition) is 3. The number of hydrogen-bond acceptors (Lipinski definition) is 5. The summed E-state index contributed by atoms with van der Waals surface area (Å²) in [6.45, 7) is 5.02. The number of rotatable bonds is 5. The van der Waals surface area contributed by atoms with E-state index >= 15 is 0 Å². The number of aliphatic hydroxyl groups is 3. The standard InChI is InChI=1S/C15H22O5/c1-15(2,3)20-14(19)11-7-5-4-6-10(11)13(18)12(17)8-9-16/h4-7,12-13,16-18H,8-9H2,1-3H3. The van der Waals surface area contributed by atoms with Crippen molar-refractivity contribution in [1.82, 2.24) is 0 Å². The minimum atomic E-state index is -1.24. The summed E-state index contributed by atoms with van der Waals surface area (Å²) in [6, 6.07) is 6.43. The van der Waals surface area contributed by atoms with E-state index < -0.39 is 23.8 Å². The van der Waals surface area contributed by atoms with Gasteiger partial charge in [0.25, 0.3) is 0 Å². The Bertz CT molecular complexity index is 450. The van der Waals surface area contributed by atoms with Crippen LogP contribution in [-0.4, -0.2) is 39.6 Å². The van der Waals surface area contributed by atoms with Crippen LogP contribution in [0.5, 0.6) is 0 Å². The molecule has 5 heteroatoms. The Morgan fingerprint density at radius 1 is 1.25 bits per heavy atom. The van der Waals surface area contributed by atoms with Crippen molar-refractivity contribution >= 4 is 5.97 Å². The van der Waals surface area contributed by atoms with Gasteiger partial charge < -0.3 is 20.1 Å². The molecule has 0 fully saturated rings. The molecule has 0 heterocycles. The number of esters is 1. The average molecular weight is 282 g/mol. The zero-order valence-electron chi connectivity index (χ0n) is 12.0. The largest absolute Gasteiger partial charge is 0.456 e. The van der Waals surface area contributed by atoms with E-state index in [1.807, 2.05) is 0 Å². The van der Waals surface area contributed by atoms with Gasteiger partial charge >= 0.3 is 5.97 Å². The van der Waals surface area contributed by atoms with Crippen LogP contribution in [-0.2, 0) is 4.74 Å². The Morgan fingerprint density at radius 2 is 1.85 bits per heavy atom. The maximum absolute atomic E-state index is 12.1. The Balaban J connectivity index is 3.01. The highest BCUT2D eigenvalue weighted by Gasteiger charge is 2.26. The maximum atomic E-state index is 12.1. The van der Waals surface area contributed by atoms with Crippen molar-refractivity contribution in [2.45, 2.75) is 45.0 Å². The molecule has 3 N–H and O–H groups in total. The lowest BCUT2D eigenvalue weighted by Gasteiger charge is -2.23. The zero-order chi connectivity index (χ0) is 15.3. The molecule has 0 aliphatic heterocycles. The van der Waals surface area contributed by atoms with Crippen molar-refractivity contribution in [1.29, 1.82) is 0 Å². The Labute approximate surface area is 118 Å². The molecule has 1 aromatic rings. The molecule has 112 valence electrons. The van der Waals surface area contributed by atoms with Crippen molar-refractivity contribution in [3.63, 3.8) is 0 Å². The molecule has 2 atom stereocenters. The first-order valence-corrected chi connectivity index (χ1v) is 6.55. The first-order valence-electron chi connectivity index (χ1n) is 6.55. The molecule has 2 unspecified atom stereocenters. The lowest BCUT2D eigenvalue weighted by atomic mass is 9.97. The van der Waals surface area contributed by atoms with Crippen molar-refractivity contribution in [3.8, 4) is 0 Å². The van der Waals surface area contributed by atoms with Gasteiger partial charge in [-0.15, -0.1) is 0 Å². The first kappa shape index (κ1) is 16.6. The topological polar surface area (TPSA) is 87.0 Å². The second-order valence-electron chi connectivity index (χ2n) is 5.61. The molecule has 1 aromatic carbocycles. The van der Waals surface area contributed by atoms with Gasteiger partial charge in [0.15, 0.2) is 0 Å². The molecule has 0 radical (unpaired) electrons. The number of carbonyl (C=O) groups is 1. The van der Waals surface area contributed by atoms with Gasteiger partial charge in [0.2, 0.25) is 0 Å². The molecule has 0 amide bonds. The Hall–Kier alpha value is -1.43. The van der Waals surface area contributed by atoms with Crippen molar-refractivity contribution in [2.75, 3.05) is 6.61 Å². The molecule has 0 saturated carbocycles. The van der Waals surface area contributed by atoms with E-state index in [0.29, 0.717) is 5.56 Å². The summed E-state index contributed by atoms with van der Waals surface area (Å²) in [6.07, 6.45) is -2.35. The predicted molar refractivity (Wildman–Crippen MR) is 74.3 cm³/mol. The number of benzene rings is 1.